The number of alkyl halides is 3. The Morgan fingerprint density at radius 2 is 1.86 bits per heavy atom. The van der Waals surface area contributed by atoms with Gasteiger partial charge in [-0.1, -0.05) is 29.8 Å². The van der Waals surface area contributed by atoms with Crippen LogP contribution in [0.1, 0.15) is 5.56 Å². The van der Waals surface area contributed by atoms with E-state index in [1.54, 1.807) is 6.07 Å². The quantitative estimate of drug-likeness (QED) is 0.744. The summed E-state index contributed by atoms with van der Waals surface area (Å²) in [6, 6.07) is 11.6. The lowest BCUT2D eigenvalue weighted by molar-refractivity contribution is -0.274. The van der Waals surface area contributed by atoms with Gasteiger partial charge in [-0.2, -0.15) is 0 Å². The Labute approximate surface area is 133 Å². The third kappa shape index (κ3) is 4.82. The van der Waals surface area contributed by atoms with Gasteiger partial charge in [0.1, 0.15) is 5.75 Å². The molecule has 2 rings (SSSR count). The number of hydrogen-bond acceptors (Lipinski definition) is 2. The normalized spacial score (nSPS) is 11.3. The molecule has 0 aliphatic rings. The molecule has 21 heavy (non-hydrogen) atoms. The molecule has 0 unspecified atom stereocenters. The summed E-state index contributed by atoms with van der Waals surface area (Å²) in [5.41, 5.74) is 1.54. The van der Waals surface area contributed by atoms with Crippen molar-refractivity contribution < 1.29 is 17.9 Å². The molecule has 112 valence electrons. The molecule has 0 saturated carbocycles. The molecular weight excluding hydrogens is 371 g/mol. The minimum atomic E-state index is -4.71. The van der Waals surface area contributed by atoms with Crippen LogP contribution in [-0.2, 0) is 6.54 Å². The molecule has 0 aromatic heterocycles. The predicted molar refractivity (Wildman–Crippen MR) is 79.6 cm³/mol. The van der Waals surface area contributed by atoms with Gasteiger partial charge in [0.05, 0.1) is 4.47 Å². The second-order valence-electron chi connectivity index (χ2n) is 4.14. The van der Waals surface area contributed by atoms with Gasteiger partial charge >= 0.3 is 6.36 Å². The summed E-state index contributed by atoms with van der Waals surface area (Å²) in [5.74, 6) is -0.286. The first-order valence-corrected chi connectivity index (χ1v) is 7.05. The molecule has 0 spiro atoms. The monoisotopic (exact) mass is 379 g/mol. The van der Waals surface area contributed by atoms with Crippen molar-refractivity contribution in [2.75, 3.05) is 5.32 Å². The van der Waals surface area contributed by atoms with Crippen LogP contribution in [0.25, 0.3) is 0 Å². The van der Waals surface area contributed by atoms with Crippen molar-refractivity contribution in [3.8, 4) is 5.75 Å². The van der Waals surface area contributed by atoms with Crippen LogP contribution in [-0.4, -0.2) is 6.36 Å². The van der Waals surface area contributed by atoms with Crippen LogP contribution < -0.4 is 10.1 Å². The molecule has 0 bridgehead atoms. The highest BCUT2D eigenvalue weighted by atomic mass is 79.9. The van der Waals surface area contributed by atoms with Gasteiger partial charge in [-0.25, -0.2) is 0 Å². The number of anilines is 1. The van der Waals surface area contributed by atoms with Crippen LogP contribution in [0.4, 0.5) is 18.9 Å². The fourth-order valence-corrected chi connectivity index (χ4v) is 2.32. The minimum absolute atomic E-state index is 0.212. The van der Waals surface area contributed by atoms with Gasteiger partial charge in [0, 0.05) is 17.3 Å². The maximum Gasteiger partial charge on any atom is 0.573 e. The van der Waals surface area contributed by atoms with Crippen LogP contribution in [0, 0.1) is 0 Å². The average Bonchev–Trinajstić information content (AvgIpc) is 2.39. The summed E-state index contributed by atoms with van der Waals surface area (Å²) in [4.78, 5) is 0. The van der Waals surface area contributed by atoms with Crippen LogP contribution in [0.2, 0.25) is 5.02 Å². The van der Waals surface area contributed by atoms with Crippen molar-refractivity contribution >= 4 is 33.2 Å². The second-order valence-corrected chi connectivity index (χ2v) is 5.40. The number of halogens is 5. The zero-order valence-corrected chi connectivity index (χ0v) is 12.9. The van der Waals surface area contributed by atoms with Gasteiger partial charge in [-0.3, -0.25) is 0 Å². The van der Waals surface area contributed by atoms with E-state index in [0.29, 0.717) is 17.3 Å². The van der Waals surface area contributed by atoms with Crippen LogP contribution in [0.3, 0.4) is 0 Å². The molecule has 0 aliphatic heterocycles. The van der Waals surface area contributed by atoms with Crippen LogP contribution >= 0.6 is 27.5 Å². The average molecular weight is 381 g/mol. The Morgan fingerprint density at radius 3 is 2.48 bits per heavy atom. The molecule has 0 saturated heterocycles. The summed E-state index contributed by atoms with van der Waals surface area (Å²) < 4.78 is 40.6. The van der Waals surface area contributed by atoms with E-state index in [0.717, 1.165) is 5.56 Å². The van der Waals surface area contributed by atoms with Gasteiger partial charge in [0.25, 0.3) is 0 Å². The summed E-state index contributed by atoms with van der Waals surface area (Å²) in [5, 5.41) is 3.71. The van der Waals surface area contributed by atoms with Crippen LogP contribution in [0.15, 0.2) is 46.9 Å². The van der Waals surface area contributed by atoms with Crippen molar-refractivity contribution in [2.45, 2.75) is 12.9 Å². The Kier molecular flexibility index (Phi) is 5.00. The van der Waals surface area contributed by atoms with Gasteiger partial charge in [-0.05, 0) is 45.8 Å². The van der Waals surface area contributed by atoms with Gasteiger partial charge in [0.15, 0.2) is 0 Å². The molecule has 0 amide bonds. The van der Waals surface area contributed by atoms with E-state index in [1.807, 2.05) is 18.2 Å². The molecule has 0 heterocycles. The number of hydrogen-bond donors (Lipinski definition) is 1. The Bertz CT molecular complexity index is 634. The number of nitrogens with one attached hydrogen (secondary N) is 1. The van der Waals surface area contributed by atoms with E-state index in [9.17, 15) is 13.2 Å². The second kappa shape index (κ2) is 6.58. The summed E-state index contributed by atoms with van der Waals surface area (Å²) >= 11 is 9.07. The molecule has 2 aromatic carbocycles. The molecule has 7 heteroatoms. The van der Waals surface area contributed by atoms with Crippen molar-refractivity contribution in [3.05, 3.63) is 57.5 Å². The molecule has 0 radical (unpaired) electrons. The third-order valence-corrected chi connectivity index (χ3v) is 3.59. The molecule has 0 aliphatic carbocycles. The zero-order valence-electron chi connectivity index (χ0n) is 10.5. The molecule has 0 atom stereocenters. The lowest BCUT2D eigenvalue weighted by Gasteiger charge is -2.13. The van der Waals surface area contributed by atoms with E-state index < -0.39 is 6.36 Å². The Balaban J connectivity index is 2.05. The summed E-state index contributed by atoms with van der Waals surface area (Å²) in [6.07, 6.45) is -4.71. The van der Waals surface area contributed by atoms with E-state index in [4.69, 9.17) is 11.6 Å². The first kappa shape index (κ1) is 16.0. The smallest absolute Gasteiger partial charge is 0.405 e. The van der Waals surface area contributed by atoms with Gasteiger partial charge in [0.2, 0.25) is 0 Å². The number of benzene rings is 2. The number of rotatable bonds is 4. The Hall–Kier alpha value is -1.40. The highest BCUT2D eigenvalue weighted by Crippen LogP contribution is 2.32. The molecular formula is C14H10BrClF3NO. The maximum absolute atomic E-state index is 12.2. The fourth-order valence-electron chi connectivity index (χ4n) is 1.66. The van der Waals surface area contributed by atoms with Crippen molar-refractivity contribution in [2.24, 2.45) is 0 Å². The minimum Gasteiger partial charge on any atom is -0.405 e. The molecule has 0 fully saturated rings. The first-order chi connectivity index (χ1) is 9.85. The third-order valence-electron chi connectivity index (χ3n) is 2.60. The zero-order chi connectivity index (χ0) is 15.5. The highest BCUT2D eigenvalue weighted by Gasteiger charge is 2.31. The maximum atomic E-state index is 12.2. The van der Waals surface area contributed by atoms with E-state index in [2.05, 4.69) is 26.0 Å². The standard InChI is InChI=1S/C14H10BrClF3NO/c15-11-7-10(5-6-13(11)21-14(17,18)19)20-8-9-3-1-2-4-12(9)16/h1-7,20H,8H2. The Morgan fingerprint density at radius 1 is 1.14 bits per heavy atom. The molecule has 1 N–H and O–H groups in total. The van der Waals surface area contributed by atoms with Crippen molar-refractivity contribution in [1.29, 1.82) is 0 Å². The molecule has 2 nitrogen and oxygen atoms in total. The summed E-state index contributed by atoms with van der Waals surface area (Å²) in [7, 11) is 0. The van der Waals surface area contributed by atoms with Crippen LogP contribution in [0.5, 0.6) is 5.75 Å². The summed E-state index contributed by atoms with van der Waals surface area (Å²) in [6.45, 7) is 0.464. The fraction of sp³-hybridized carbons (Fsp3) is 0.143. The number of ether oxygens (including phenoxy) is 1. The molecule has 2 aromatic rings. The van der Waals surface area contributed by atoms with E-state index in [1.165, 1.54) is 18.2 Å². The SMILES string of the molecule is FC(F)(F)Oc1ccc(NCc2ccccc2Cl)cc1Br. The van der Waals surface area contributed by atoms with E-state index >= 15 is 0 Å². The lowest BCUT2D eigenvalue weighted by atomic mass is 10.2. The first-order valence-electron chi connectivity index (χ1n) is 5.88. The van der Waals surface area contributed by atoms with Gasteiger partial charge in [-0.15, -0.1) is 13.2 Å². The lowest BCUT2D eigenvalue weighted by Crippen LogP contribution is -2.17. The van der Waals surface area contributed by atoms with Crippen molar-refractivity contribution in [3.63, 3.8) is 0 Å². The largest absolute Gasteiger partial charge is 0.573 e. The predicted octanol–water partition coefficient (Wildman–Crippen LogP) is 5.61. The topological polar surface area (TPSA) is 21.3 Å². The van der Waals surface area contributed by atoms with Gasteiger partial charge < -0.3 is 10.1 Å². The highest BCUT2D eigenvalue weighted by molar-refractivity contribution is 9.10. The van der Waals surface area contributed by atoms with E-state index in [-0.39, 0.29) is 10.2 Å². The van der Waals surface area contributed by atoms with Crippen molar-refractivity contribution in [1.82, 2.24) is 0 Å².